The van der Waals surface area contributed by atoms with E-state index in [0.29, 0.717) is 25.3 Å². The van der Waals surface area contributed by atoms with Crippen LogP contribution in [0.15, 0.2) is 30.3 Å². The molecule has 1 aromatic rings. The fourth-order valence-electron chi connectivity index (χ4n) is 3.32. The second kappa shape index (κ2) is 12.2. The lowest BCUT2D eigenvalue weighted by molar-refractivity contribution is -0.129. The maximum atomic E-state index is 12.7. The first-order valence-corrected chi connectivity index (χ1v) is 10.4. The van der Waals surface area contributed by atoms with E-state index in [2.05, 4.69) is 10.6 Å². The number of hydrogen-bond donors (Lipinski definition) is 3. The summed E-state index contributed by atoms with van der Waals surface area (Å²) in [5.74, 6) is 0.981. The van der Waals surface area contributed by atoms with E-state index >= 15 is 0 Å². The fourth-order valence-corrected chi connectivity index (χ4v) is 3.79. The Labute approximate surface area is 166 Å². The van der Waals surface area contributed by atoms with Crippen molar-refractivity contribution < 1.29 is 9.59 Å². The Bertz CT molecular complexity index is 559. The van der Waals surface area contributed by atoms with Crippen LogP contribution in [0.4, 0.5) is 0 Å². The number of carbonyl (C=O) groups is 2. The highest BCUT2D eigenvalue weighted by molar-refractivity contribution is 7.98. The zero-order chi connectivity index (χ0) is 18.1. The van der Waals surface area contributed by atoms with Crippen LogP contribution in [0, 0.1) is 5.92 Å². The van der Waals surface area contributed by atoms with Crippen molar-refractivity contribution in [1.82, 2.24) is 10.6 Å². The van der Waals surface area contributed by atoms with E-state index in [0.717, 1.165) is 30.6 Å². The van der Waals surface area contributed by atoms with E-state index < -0.39 is 6.04 Å². The second-order valence-electron chi connectivity index (χ2n) is 6.61. The first-order valence-electron chi connectivity index (χ1n) is 8.96. The minimum Gasteiger partial charge on any atom is -0.351 e. The topological polar surface area (TPSA) is 84.2 Å². The highest BCUT2D eigenvalue weighted by Crippen LogP contribution is 2.24. The molecular weight excluding hydrogens is 370 g/mol. The number of benzene rings is 1. The Hall–Kier alpha value is -1.24. The van der Waals surface area contributed by atoms with Crippen LogP contribution in [0.25, 0.3) is 0 Å². The van der Waals surface area contributed by atoms with Gasteiger partial charge in [-0.1, -0.05) is 36.8 Å². The van der Waals surface area contributed by atoms with Crippen LogP contribution in [0.2, 0.25) is 0 Å². The van der Waals surface area contributed by atoms with E-state index in [1.165, 1.54) is 0 Å². The molecule has 4 N–H and O–H groups in total. The Morgan fingerprint density at radius 2 is 2.00 bits per heavy atom. The predicted octanol–water partition coefficient (Wildman–Crippen LogP) is 2.13. The normalized spacial score (nSPS) is 20.1. The maximum absolute atomic E-state index is 12.7. The zero-order valence-electron chi connectivity index (χ0n) is 15.3. The van der Waals surface area contributed by atoms with Gasteiger partial charge < -0.3 is 16.4 Å². The van der Waals surface area contributed by atoms with Crippen LogP contribution in [0.3, 0.4) is 0 Å². The summed E-state index contributed by atoms with van der Waals surface area (Å²) in [6.45, 7) is 0.598. The summed E-state index contributed by atoms with van der Waals surface area (Å²) in [5, 5.41) is 6.03. The molecule has 1 aromatic carbocycles. The molecule has 26 heavy (non-hydrogen) atoms. The van der Waals surface area contributed by atoms with Crippen molar-refractivity contribution in [3.8, 4) is 0 Å². The number of nitrogens with two attached hydrogens (primary N) is 1. The van der Waals surface area contributed by atoms with E-state index in [1.807, 2.05) is 36.6 Å². The number of carbonyl (C=O) groups excluding carboxylic acids is 2. The highest BCUT2D eigenvalue weighted by atomic mass is 35.5. The molecule has 1 aliphatic rings. The van der Waals surface area contributed by atoms with Crippen molar-refractivity contribution in [2.24, 2.45) is 11.7 Å². The summed E-state index contributed by atoms with van der Waals surface area (Å²) < 4.78 is 0. The molecule has 0 heterocycles. The molecule has 0 spiro atoms. The summed E-state index contributed by atoms with van der Waals surface area (Å²) in [5.41, 5.74) is 6.75. The van der Waals surface area contributed by atoms with Gasteiger partial charge in [0.25, 0.3) is 0 Å². The largest absolute Gasteiger partial charge is 0.351 e. The van der Waals surface area contributed by atoms with E-state index in [9.17, 15) is 9.59 Å². The summed E-state index contributed by atoms with van der Waals surface area (Å²) in [7, 11) is 0. The van der Waals surface area contributed by atoms with Gasteiger partial charge in [0, 0.05) is 6.04 Å². The van der Waals surface area contributed by atoms with Gasteiger partial charge in [0.15, 0.2) is 0 Å². The number of nitrogens with one attached hydrogen (secondary N) is 2. The van der Waals surface area contributed by atoms with Crippen molar-refractivity contribution in [2.45, 2.75) is 44.2 Å². The van der Waals surface area contributed by atoms with Crippen LogP contribution in [-0.2, 0) is 16.0 Å². The summed E-state index contributed by atoms with van der Waals surface area (Å²) in [6, 6.07) is 9.23. The van der Waals surface area contributed by atoms with Crippen molar-refractivity contribution in [1.29, 1.82) is 0 Å². The molecule has 0 aromatic heterocycles. The molecule has 3 atom stereocenters. The second-order valence-corrected chi connectivity index (χ2v) is 7.59. The van der Waals surface area contributed by atoms with Crippen LogP contribution in [0.5, 0.6) is 0 Å². The molecule has 3 unspecified atom stereocenters. The molecule has 7 heteroatoms. The van der Waals surface area contributed by atoms with Crippen LogP contribution in [0.1, 0.15) is 31.2 Å². The van der Waals surface area contributed by atoms with Gasteiger partial charge in [-0.15, -0.1) is 12.4 Å². The van der Waals surface area contributed by atoms with Gasteiger partial charge in [-0.2, -0.15) is 11.8 Å². The van der Waals surface area contributed by atoms with Crippen LogP contribution < -0.4 is 16.4 Å². The average Bonchev–Trinajstić information content (AvgIpc) is 3.06. The molecule has 1 saturated carbocycles. The Balaban J connectivity index is 0.00000338. The predicted molar refractivity (Wildman–Crippen MR) is 111 cm³/mol. The SMILES string of the molecule is CSCCC(NC(=O)Cc1ccccc1)C(=O)NC1CCCC1CN.Cl. The van der Waals surface area contributed by atoms with E-state index in [4.69, 9.17) is 5.73 Å². The monoisotopic (exact) mass is 399 g/mol. The van der Waals surface area contributed by atoms with Gasteiger partial charge in [-0.05, 0) is 49.3 Å². The van der Waals surface area contributed by atoms with Crippen molar-refractivity contribution in [3.05, 3.63) is 35.9 Å². The standard InChI is InChI=1S/C19H29N3O2S.ClH/c1-25-11-10-17(19(24)22-16-9-5-8-15(16)13-20)21-18(23)12-14-6-3-2-4-7-14;/h2-4,6-7,15-17H,5,8-13,20H2,1H3,(H,21,23)(H,22,24);1H. The van der Waals surface area contributed by atoms with E-state index in [1.54, 1.807) is 11.8 Å². The highest BCUT2D eigenvalue weighted by Gasteiger charge is 2.30. The quantitative estimate of drug-likeness (QED) is 0.594. The van der Waals surface area contributed by atoms with Gasteiger partial charge in [0.2, 0.25) is 11.8 Å². The van der Waals surface area contributed by atoms with Crippen LogP contribution in [-0.4, -0.2) is 42.5 Å². The molecule has 0 radical (unpaired) electrons. The fraction of sp³-hybridized carbons (Fsp3) is 0.579. The number of rotatable bonds is 9. The minimum atomic E-state index is -0.484. The Morgan fingerprint density at radius 1 is 1.27 bits per heavy atom. The lowest BCUT2D eigenvalue weighted by atomic mass is 10.0. The number of hydrogen-bond acceptors (Lipinski definition) is 4. The lowest BCUT2D eigenvalue weighted by Crippen LogP contribution is -2.51. The summed E-state index contributed by atoms with van der Waals surface area (Å²) in [4.78, 5) is 25.0. The van der Waals surface area contributed by atoms with Gasteiger partial charge >= 0.3 is 0 Å². The molecule has 1 fully saturated rings. The van der Waals surface area contributed by atoms with Gasteiger partial charge in [-0.3, -0.25) is 9.59 Å². The third kappa shape index (κ3) is 7.17. The minimum absolute atomic E-state index is 0. The third-order valence-corrected chi connectivity index (χ3v) is 5.40. The van der Waals surface area contributed by atoms with Crippen molar-refractivity contribution >= 4 is 36.0 Å². The number of amides is 2. The van der Waals surface area contributed by atoms with Crippen molar-refractivity contribution in [2.75, 3.05) is 18.6 Å². The lowest BCUT2D eigenvalue weighted by Gasteiger charge is -2.24. The Kier molecular flexibility index (Phi) is 10.7. The molecule has 0 saturated heterocycles. The first-order chi connectivity index (χ1) is 12.1. The third-order valence-electron chi connectivity index (χ3n) is 4.76. The smallest absolute Gasteiger partial charge is 0.242 e. The number of thioether (sulfide) groups is 1. The van der Waals surface area contributed by atoms with Crippen LogP contribution >= 0.6 is 24.2 Å². The Morgan fingerprint density at radius 3 is 2.65 bits per heavy atom. The average molecular weight is 400 g/mol. The number of halogens is 1. The molecule has 146 valence electrons. The van der Waals surface area contributed by atoms with Crippen molar-refractivity contribution in [3.63, 3.8) is 0 Å². The summed E-state index contributed by atoms with van der Waals surface area (Å²) >= 11 is 1.67. The molecular formula is C19H30ClN3O2S. The molecule has 0 aliphatic heterocycles. The first kappa shape index (κ1) is 22.8. The summed E-state index contributed by atoms with van der Waals surface area (Å²) in [6.07, 6.45) is 6.06. The van der Waals surface area contributed by atoms with Gasteiger partial charge in [0.05, 0.1) is 6.42 Å². The zero-order valence-corrected chi connectivity index (χ0v) is 16.9. The van der Waals surface area contributed by atoms with Gasteiger partial charge in [-0.25, -0.2) is 0 Å². The molecule has 2 rings (SSSR count). The molecule has 1 aliphatic carbocycles. The molecule has 5 nitrogen and oxygen atoms in total. The van der Waals surface area contributed by atoms with Gasteiger partial charge in [0.1, 0.15) is 6.04 Å². The van der Waals surface area contributed by atoms with E-state index in [-0.39, 0.29) is 30.3 Å². The molecule has 2 amide bonds. The molecule has 0 bridgehead atoms. The maximum Gasteiger partial charge on any atom is 0.242 e.